The number of nitrogens with zero attached hydrogens (tertiary/aromatic N) is 2. The van der Waals surface area contributed by atoms with Gasteiger partial charge in [-0.1, -0.05) is 6.92 Å². The van der Waals surface area contributed by atoms with Crippen LogP contribution in [0.15, 0.2) is 18.2 Å². The molecule has 0 amide bonds. The van der Waals surface area contributed by atoms with Gasteiger partial charge in [0.05, 0.1) is 0 Å². The van der Waals surface area contributed by atoms with Crippen LogP contribution >= 0.6 is 0 Å². The van der Waals surface area contributed by atoms with Gasteiger partial charge in [0.15, 0.2) is 0 Å². The SMILES string of the molecule is CCC1CCCN1c1ccc(N)c(CN(C)C)c1. The van der Waals surface area contributed by atoms with Crippen LogP contribution in [0.1, 0.15) is 31.7 Å². The van der Waals surface area contributed by atoms with Crippen molar-refractivity contribution in [3.05, 3.63) is 23.8 Å². The zero-order valence-electron chi connectivity index (χ0n) is 11.8. The summed E-state index contributed by atoms with van der Waals surface area (Å²) >= 11 is 0. The van der Waals surface area contributed by atoms with Crippen molar-refractivity contribution < 1.29 is 0 Å². The summed E-state index contributed by atoms with van der Waals surface area (Å²) in [6, 6.07) is 7.20. The second kappa shape index (κ2) is 5.61. The molecule has 3 heteroatoms. The first-order valence-corrected chi connectivity index (χ1v) is 6.91. The molecule has 1 atom stereocenters. The Labute approximate surface area is 111 Å². The Balaban J connectivity index is 2.23. The number of benzene rings is 1. The molecule has 2 N–H and O–H groups in total. The Morgan fingerprint density at radius 2 is 2.17 bits per heavy atom. The lowest BCUT2D eigenvalue weighted by atomic mass is 10.1. The average molecular weight is 247 g/mol. The van der Waals surface area contributed by atoms with Crippen molar-refractivity contribution in [2.45, 2.75) is 38.8 Å². The van der Waals surface area contributed by atoms with Crippen LogP contribution in [0, 0.1) is 0 Å². The van der Waals surface area contributed by atoms with E-state index in [2.05, 4.69) is 49.0 Å². The van der Waals surface area contributed by atoms with E-state index < -0.39 is 0 Å². The maximum Gasteiger partial charge on any atom is 0.0373 e. The van der Waals surface area contributed by atoms with Crippen molar-refractivity contribution in [3.8, 4) is 0 Å². The van der Waals surface area contributed by atoms with E-state index in [1.54, 1.807) is 0 Å². The van der Waals surface area contributed by atoms with Crippen molar-refractivity contribution in [2.24, 2.45) is 0 Å². The van der Waals surface area contributed by atoms with Crippen LogP contribution < -0.4 is 10.6 Å². The molecule has 0 spiro atoms. The van der Waals surface area contributed by atoms with E-state index in [1.807, 2.05) is 0 Å². The van der Waals surface area contributed by atoms with Crippen LogP contribution in [0.25, 0.3) is 0 Å². The maximum atomic E-state index is 6.06. The molecule has 0 radical (unpaired) electrons. The Morgan fingerprint density at radius 1 is 1.39 bits per heavy atom. The fourth-order valence-electron chi connectivity index (χ4n) is 2.85. The predicted molar refractivity (Wildman–Crippen MR) is 78.9 cm³/mol. The Hall–Kier alpha value is -1.22. The highest BCUT2D eigenvalue weighted by Gasteiger charge is 2.23. The van der Waals surface area contributed by atoms with Crippen molar-refractivity contribution in [1.29, 1.82) is 0 Å². The van der Waals surface area contributed by atoms with Crippen LogP contribution in [-0.4, -0.2) is 31.6 Å². The monoisotopic (exact) mass is 247 g/mol. The predicted octanol–water partition coefficient (Wildman–Crippen LogP) is 2.71. The third-order valence-corrected chi connectivity index (χ3v) is 3.79. The molecule has 18 heavy (non-hydrogen) atoms. The highest BCUT2D eigenvalue weighted by Crippen LogP contribution is 2.29. The van der Waals surface area contributed by atoms with Crippen molar-refractivity contribution in [2.75, 3.05) is 31.3 Å². The van der Waals surface area contributed by atoms with Gasteiger partial charge in [0, 0.05) is 30.5 Å². The molecule has 1 aliphatic heterocycles. The zero-order chi connectivity index (χ0) is 13.1. The summed E-state index contributed by atoms with van der Waals surface area (Å²) in [6.45, 7) is 4.37. The lowest BCUT2D eigenvalue weighted by Gasteiger charge is -2.27. The highest BCUT2D eigenvalue weighted by atomic mass is 15.2. The first kappa shape index (κ1) is 13.2. The molecule has 3 nitrogen and oxygen atoms in total. The topological polar surface area (TPSA) is 32.5 Å². The van der Waals surface area contributed by atoms with E-state index in [-0.39, 0.29) is 0 Å². The van der Waals surface area contributed by atoms with E-state index in [4.69, 9.17) is 5.73 Å². The van der Waals surface area contributed by atoms with E-state index in [1.165, 1.54) is 37.1 Å². The summed E-state index contributed by atoms with van der Waals surface area (Å²) in [4.78, 5) is 4.70. The van der Waals surface area contributed by atoms with Gasteiger partial charge in [-0.15, -0.1) is 0 Å². The van der Waals surface area contributed by atoms with Crippen molar-refractivity contribution in [1.82, 2.24) is 4.90 Å². The Morgan fingerprint density at radius 3 is 2.83 bits per heavy atom. The second-order valence-corrected chi connectivity index (χ2v) is 5.52. The van der Waals surface area contributed by atoms with E-state index in [0.717, 1.165) is 12.2 Å². The lowest BCUT2D eigenvalue weighted by molar-refractivity contribution is 0.403. The molecular formula is C15H25N3. The minimum Gasteiger partial charge on any atom is -0.398 e. The van der Waals surface area contributed by atoms with Crippen molar-refractivity contribution in [3.63, 3.8) is 0 Å². The molecule has 1 fully saturated rings. The maximum absolute atomic E-state index is 6.06. The van der Waals surface area contributed by atoms with Crippen molar-refractivity contribution >= 4 is 11.4 Å². The van der Waals surface area contributed by atoms with Crippen LogP contribution in [0.2, 0.25) is 0 Å². The average Bonchev–Trinajstić information content (AvgIpc) is 2.79. The van der Waals surface area contributed by atoms with E-state index in [9.17, 15) is 0 Å². The molecule has 2 rings (SSSR count). The molecule has 100 valence electrons. The quantitative estimate of drug-likeness (QED) is 0.830. The summed E-state index contributed by atoms with van der Waals surface area (Å²) in [5.74, 6) is 0. The van der Waals surface area contributed by atoms with Crippen LogP contribution in [0.3, 0.4) is 0 Å². The number of nitrogen functional groups attached to an aromatic ring is 1. The molecular weight excluding hydrogens is 222 g/mol. The van der Waals surface area contributed by atoms with Gasteiger partial charge in [-0.3, -0.25) is 0 Å². The molecule has 0 bridgehead atoms. The number of hydrogen-bond donors (Lipinski definition) is 1. The first-order chi connectivity index (χ1) is 8.61. The van der Waals surface area contributed by atoms with Gasteiger partial charge in [0.2, 0.25) is 0 Å². The second-order valence-electron chi connectivity index (χ2n) is 5.52. The molecule has 1 heterocycles. The number of anilines is 2. The Bertz CT molecular complexity index is 401. The van der Waals surface area contributed by atoms with E-state index >= 15 is 0 Å². The molecule has 1 aromatic carbocycles. The first-order valence-electron chi connectivity index (χ1n) is 6.91. The van der Waals surface area contributed by atoms with Gasteiger partial charge in [0.1, 0.15) is 0 Å². The van der Waals surface area contributed by atoms with Crippen LogP contribution in [0.5, 0.6) is 0 Å². The largest absolute Gasteiger partial charge is 0.398 e. The third kappa shape index (κ3) is 2.78. The molecule has 0 aliphatic carbocycles. The number of rotatable bonds is 4. The molecule has 0 saturated carbocycles. The summed E-state index contributed by atoms with van der Waals surface area (Å²) in [7, 11) is 4.16. The molecule has 1 aromatic rings. The van der Waals surface area contributed by atoms with Crippen LogP contribution in [0.4, 0.5) is 11.4 Å². The number of hydrogen-bond acceptors (Lipinski definition) is 3. The van der Waals surface area contributed by atoms with Crippen LogP contribution in [-0.2, 0) is 6.54 Å². The summed E-state index contributed by atoms with van der Waals surface area (Å²) in [5, 5.41) is 0. The smallest absolute Gasteiger partial charge is 0.0373 e. The molecule has 1 unspecified atom stereocenters. The summed E-state index contributed by atoms with van der Waals surface area (Å²) < 4.78 is 0. The minimum absolute atomic E-state index is 0.709. The Kier molecular flexibility index (Phi) is 4.12. The fraction of sp³-hybridized carbons (Fsp3) is 0.600. The standard InChI is InChI=1S/C15H25N3/c1-4-13-6-5-9-18(13)14-7-8-15(16)12(10-14)11-17(2)3/h7-8,10,13H,4-6,9,11,16H2,1-3H3. The molecule has 0 aromatic heterocycles. The van der Waals surface area contributed by atoms with Gasteiger partial charge in [-0.05, 0) is 57.1 Å². The van der Waals surface area contributed by atoms with Gasteiger partial charge in [-0.2, -0.15) is 0 Å². The zero-order valence-corrected chi connectivity index (χ0v) is 11.8. The third-order valence-electron chi connectivity index (χ3n) is 3.79. The minimum atomic E-state index is 0.709. The van der Waals surface area contributed by atoms with Gasteiger partial charge in [-0.25, -0.2) is 0 Å². The fourth-order valence-corrected chi connectivity index (χ4v) is 2.85. The lowest BCUT2D eigenvalue weighted by Crippen LogP contribution is -2.28. The molecule has 1 aliphatic rings. The van der Waals surface area contributed by atoms with Gasteiger partial charge in [0.25, 0.3) is 0 Å². The highest BCUT2D eigenvalue weighted by molar-refractivity contribution is 5.59. The molecule has 1 saturated heterocycles. The summed E-state index contributed by atoms with van der Waals surface area (Å²) in [5.41, 5.74) is 9.53. The normalized spacial score (nSPS) is 19.8. The van der Waals surface area contributed by atoms with Gasteiger partial charge < -0.3 is 15.5 Å². The number of nitrogens with two attached hydrogens (primary N) is 1. The van der Waals surface area contributed by atoms with E-state index in [0.29, 0.717) is 6.04 Å². The summed E-state index contributed by atoms with van der Waals surface area (Å²) in [6.07, 6.45) is 3.86. The van der Waals surface area contributed by atoms with Gasteiger partial charge >= 0.3 is 0 Å².